The van der Waals surface area contributed by atoms with Crippen LogP contribution >= 0.6 is 21.6 Å². The third kappa shape index (κ3) is 20.7. The summed E-state index contributed by atoms with van der Waals surface area (Å²) in [7, 11) is 4.16. The Morgan fingerprint density at radius 3 is 1.71 bits per heavy atom. The van der Waals surface area contributed by atoms with Gasteiger partial charge in [-0.3, -0.25) is 0 Å². The maximum absolute atomic E-state index is 5.55. The largest absolute Gasteiger partial charge is 0.379 e. The van der Waals surface area contributed by atoms with Gasteiger partial charge in [-0.25, -0.2) is 0 Å². The van der Waals surface area contributed by atoms with Gasteiger partial charge in [0, 0.05) is 18.1 Å². The second-order valence-corrected chi connectivity index (χ2v) is 9.28. The number of ether oxygens (including phenoxy) is 1. The van der Waals surface area contributed by atoms with Crippen LogP contribution in [0.4, 0.5) is 0 Å². The molecule has 0 spiro atoms. The SMILES string of the molecule is CC(C)CCCCCCSSCCCCCCOC(C)C. The predicted octanol–water partition coefficient (Wildman–Crippen LogP) is 6.96. The Labute approximate surface area is 142 Å². The zero-order chi connectivity index (χ0) is 15.8. The first-order valence-electron chi connectivity index (χ1n) is 8.99. The molecule has 0 aliphatic rings. The van der Waals surface area contributed by atoms with Gasteiger partial charge < -0.3 is 4.74 Å². The molecule has 0 aromatic rings. The van der Waals surface area contributed by atoms with Gasteiger partial charge in [-0.05, 0) is 39.0 Å². The van der Waals surface area contributed by atoms with E-state index in [0.29, 0.717) is 6.10 Å². The van der Waals surface area contributed by atoms with Crippen LogP contribution in [0.1, 0.15) is 85.5 Å². The van der Waals surface area contributed by atoms with E-state index in [1.54, 1.807) is 0 Å². The van der Waals surface area contributed by atoms with Gasteiger partial charge >= 0.3 is 0 Å². The van der Waals surface area contributed by atoms with Crippen LogP contribution in [0.5, 0.6) is 0 Å². The first-order chi connectivity index (χ1) is 10.1. The highest BCUT2D eigenvalue weighted by atomic mass is 33.1. The Morgan fingerprint density at radius 2 is 1.19 bits per heavy atom. The van der Waals surface area contributed by atoms with E-state index in [2.05, 4.69) is 49.3 Å². The fourth-order valence-corrected chi connectivity index (χ4v) is 4.41. The topological polar surface area (TPSA) is 9.23 Å². The highest BCUT2D eigenvalue weighted by molar-refractivity contribution is 8.76. The molecule has 0 atom stereocenters. The number of hydrogen-bond donors (Lipinski definition) is 0. The minimum absolute atomic E-state index is 0.391. The molecule has 1 nitrogen and oxygen atoms in total. The first kappa shape index (κ1) is 21.7. The molecule has 0 heterocycles. The molecular weight excluding hydrogens is 296 g/mol. The van der Waals surface area contributed by atoms with Crippen LogP contribution in [-0.4, -0.2) is 24.2 Å². The van der Waals surface area contributed by atoms with Crippen molar-refractivity contribution < 1.29 is 4.74 Å². The van der Waals surface area contributed by atoms with E-state index in [9.17, 15) is 0 Å². The molecule has 0 aromatic heterocycles. The quantitative estimate of drug-likeness (QED) is 0.223. The van der Waals surface area contributed by atoms with Crippen LogP contribution in [0, 0.1) is 5.92 Å². The van der Waals surface area contributed by atoms with Crippen LogP contribution in [-0.2, 0) is 4.74 Å². The molecule has 3 heteroatoms. The summed E-state index contributed by atoms with van der Waals surface area (Å²) in [6, 6.07) is 0. The van der Waals surface area contributed by atoms with Crippen molar-refractivity contribution in [3.63, 3.8) is 0 Å². The fourth-order valence-electron chi connectivity index (χ4n) is 2.12. The smallest absolute Gasteiger partial charge is 0.0518 e. The van der Waals surface area contributed by atoms with E-state index >= 15 is 0 Å². The summed E-state index contributed by atoms with van der Waals surface area (Å²) in [5, 5.41) is 0. The molecule has 0 aliphatic heterocycles. The van der Waals surface area contributed by atoms with Crippen LogP contribution < -0.4 is 0 Å². The molecule has 0 fully saturated rings. The molecule has 21 heavy (non-hydrogen) atoms. The van der Waals surface area contributed by atoms with E-state index < -0.39 is 0 Å². The monoisotopic (exact) mass is 334 g/mol. The molecule has 0 unspecified atom stereocenters. The molecule has 0 radical (unpaired) electrons. The first-order valence-corrected chi connectivity index (χ1v) is 11.5. The van der Waals surface area contributed by atoms with Gasteiger partial charge in [0.1, 0.15) is 0 Å². The summed E-state index contributed by atoms with van der Waals surface area (Å²) in [4.78, 5) is 0. The van der Waals surface area contributed by atoms with Crippen molar-refractivity contribution in [3.05, 3.63) is 0 Å². The molecule has 0 aromatic carbocycles. The van der Waals surface area contributed by atoms with Gasteiger partial charge in [-0.15, -0.1) is 0 Å². The van der Waals surface area contributed by atoms with Crippen molar-refractivity contribution in [1.29, 1.82) is 0 Å². The zero-order valence-electron chi connectivity index (χ0n) is 14.9. The minimum Gasteiger partial charge on any atom is -0.379 e. The Morgan fingerprint density at radius 1 is 0.667 bits per heavy atom. The maximum Gasteiger partial charge on any atom is 0.0518 e. The highest BCUT2D eigenvalue weighted by Gasteiger charge is 1.97. The lowest BCUT2D eigenvalue weighted by molar-refractivity contribution is 0.0757. The van der Waals surface area contributed by atoms with Crippen LogP contribution in [0.25, 0.3) is 0 Å². The third-order valence-corrected chi connectivity index (χ3v) is 5.99. The van der Waals surface area contributed by atoms with Gasteiger partial charge in [-0.2, -0.15) is 0 Å². The van der Waals surface area contributed by atoms with E-state index in [-0.39, 0.29) is 0 Å². The molecule has 0 saturated carbocycles. The van der Waals surface area contributed by atoms with Crippen LogP contribution in [0.15, 0.2) is 0 Å². The van der Waals surface area contributed by atoms with Gasteiger partial charge in [-0.1, -0.05) is 74.0 Å². The number of rotatable bonds is 16. The Hall–Kier alpha value is 0.660. The molecule has 0 bridgehead atoms. The van der Waals surface area contributed by atoms with Crippen LogP contribution in [0.2, 0.25) is 0 Å². The predicted molar refractivity (Wildman–Crippen MR) is 102 cm³/mol. The van der Waals surface area contributed by atoms with Crippen molar-refractivity contribution in [3.8, 4) is 0 Å². The number of hydrogen-bond acceptors (Lipinski definition) is 3. The van der Waals surface area contributed by atoms with Crippen molar-refractivity contribution in [2.45, 2.75) is 91.6 Å². The lowest BCUT2D eigenvalue weighted by atomic mass is 10.0. The molecule has 0 amide bonds. The summed E-state index contributed by atoms with van der Waals surface area (Å²) < 4.78 is 5.55. The van der Waals surface area contributed by atoms with E-state index in [1.807, 2.05) is 0 Å². The average Bonchev–Trinajstić information content (AvgIpc) is 2.42. The summed E-state index contributed by atoms with van der Waals surface area (Å²) in [6.07, 6.45) is 12.8. The minimum atomic E-state index is 0.391. The highest BCUT2D eigenvalue weighted by Crippen LogP contribution is 2.24. The Bertz CT molecular complexity index is 176. The number of unbranched alkanes of at least 4 members (excludes halogenated alkanes) is 6. The molecule has 128 valence electrons. The summed E-state index contributed by atoms with van der Waals surface area (Å²) in [6.45, 7) is 9.81. The molecule has 0 N–H and O–H groups in total. The van der Waals surface area contributed by atoms with Gasteiger partial charge in [0.05, 0.1) is 6.10 Å². The average molecular weight is 335 g/mol. The van der Waals surface area contributed by atoms with Crippen molar-refractivity contribution >= 4 is 21.6 Å². The molecular formula is C18H38OS2. The molecule has 0 saturated heterocycles. The zero-order valence-corrected chi connectivity index (χ0v) is 16.5. The summed E-state index contributed by atoms with van der Waals surface area (Å²) in [5.41, 5.74) is 0. The molecule has 0 aliphatic carbocycles. The second kappa shape index (κ2) is 17.0. The maximum atomic E-state index is 5.55. The van der Waals surface area contributed by atoms with Crippen LogP contribution in [0.3, 0.4) is 0 Å². The normalized spacial score (nSPS) is 11.7. The van der Waals surface area contributed by atoms with Crippen molar-refractivity contribution in [1.82, 2.24) is 0 Å². The fraction of sp³-hybridized carbons (Fsp3) is 1.00. The summed E-state index contributed by atoms with van der Waals surface area (Å²) in [5.74, 6) is 3.55. The van der Waals surface area contributed by atoms with E-state index in [0.717, 1.165) is 12.5 Å². The Balaban J connectivity index is 2.96. The second-order valence-electron chi connectivity index (χ2n) is 6.57. The lowest BCUT2D eigenvalue weighted by Crippen LogP contribution is -2.03. The Kier molecular flexibility index (Phi) is 17.6. The van der Waals surface area contributed by atoms with Crippen molar-refractivity contribution in [2.24, 2.45) is 5.92 Å². The van der Waals surface area contributed by atoms with Gasteiger partial charge in [0.25, 0.3) is 0 Å². The van der Waals surface area contributed by atoms with E-state index in [1.165, 1.54) is 69.3 Å². The van der Waals surface area contributed by atoms with E-state index in [4.69, 9.17) is 4.74 Å². The lowest BCUT2D eigenvalue weighted by Gasteiger charge is -2.06. The summed E-state index contributed by atoms with van der Waals surface area (Å²) >= 11 is 0. The van der Waals surface area contributed by atoms with Crippen molar-refractivity contribution in [2.75, 3.05) is 18.1 Å². The standard InChI is InChI=1S/C18H38OS2/c1-17(2)13-9-5-7-11-15-20-21-16-12-8-6-10-14-19-18(3)4/h17-18H,5-16H2,1-4H3. The van der Waals surface area contributed by atoms with Gasteiger partial charge in [0.15, 0.2) is 0 Å². The molecule has 0 rings (SSSR count). The third-order valence-electron chi connectivity index (χ3n) is 3.42. The van der Waals surface area contributed by atoms with Gasteiger partial charge in [0.2, 0.25) is 0 Å².